The summed E-state index contributed by atoms with van der Waals surface area (Å²) >= 11 is 0. The summed E-state index contributed by atoms with van der Waals surface area (Å²) in [5, 5.41) is 3.31. The van der Waals surface area contributed by atoms with Crippen LogP contribution in [0.4, 0.5) is 0 Å². The molecular weight excluding hydrogens is 468 g/mol. The highest BCUT2D eigenvalue weighted by molar-refractivity contribution is 5.87. The fraction of sp³-hybridized carbons (Fsp3) is 0.500. The van der Waals surface area contributed by atoms with Crippen LogP contribution in [0.5, 0.6) is 0 Å². The van der Waals surface area contributed by atoms with E-state index in [1.165, 1.54) is 0 Å². The number of aryl methyl sites for hydroxylation is 1. The van der Waals surface area contributed by atoms with Gasteiger partial charge in [0, 0.05) is 12.5 Å². The van der Waals surface area contributed by atoms with Crippen molar-refractivity contribution in [3.8, 4) is 0 Å². The molecule has 2 aromatic carbocycles. The van der Waals surface area contributed by atoms with E-state index in [0.717, 1.165) is 17.5 Å². The highest BCUT2D eigenvalue weighted by atomic mass is 16.6. The predicted octanol–water partition coefficient (Wildman–Crippen LogP) is 4.26. The molecule has 1 aliphatic heterocycles. The first kappa shape index (κ1) is 28.4. The summed E-state index contributed by atoms with van der Waals surface area (Å²) in [5.74, 6) is -0.934. The third-order valence-electron chi connectivity index (χ3n) is 6.40. The molecule has 0 saturated carbocycles. The molecule has 1 aliphatic rings. The lowest BCUT2D eigenvalue weighted by molar-refractivity contribution is -0.159. The molecule has 7 heteroatoms. The second kappa shape index (κ2) is 13.4. The van der Waals surface area contributed by atoms with Gasteiger partial charge in [0.15, 0.2) is 0 Å². The van der Waals surface area contributed by atoms with E-state index in [-0.39, 0.29) is 30.9 Å². The summed E-state index contributed by atoms with van der Waals surface area (Å²) in [6.45, 7) is 7.74. The van der Waals surface area contributed by atoms with Crippen LogP contribution in [0.15, 0.2) is 60.7 Å². The van der Waals surface area contributed by atoms with E-state index < -0.39 is 23.7 Å². The number of esters is 2. The third kappa shape index (κ3) is 9.01. The maximum absolute atomic E-state index is 13.7. The zero-order valence-corrected chi connectivity index (χ0v) is 22.4. The van der Waals surface area contributed by atoms with Crippen molar-refractivity contribution in [2.75, 3.05) is 19.7 Å². The minimum Gasteiger partial charge on any atom is -0.465 e. The first-order valence-electron chi connectivity index (χ1n) is 13.2. The van der Waals surface area contributed by atoms with E-state index >= 15 is 0 Å². The SMILES string of the molecule is CCOC(=O)[C@H](CCc1ccccc1)N[C@H]1CC[C@@H](c2ccccc2)CN(CC(=O)OC(C)(C)C)C1=O. The first-order valence-corrected chi connectivity index (χ1v) is 13.2. The molecule has 1 N–H and O–H groups in total. The number of ether oxygens (including phenoxy) is 2. The van der Waals surface area contributed by atoms with Crippen LogP contribution in [0, 0.1) is 0 Å². The van der Waals surface area contributed by atoms with E-state index in [4.69, 9.17) is 9.47 Å². The predicted molar refractivity (Wildman–Crippen MR) is 143 cm³/mol. The Balaban J connectivity index is 1.80. The Morgan fingerprint density at radius 2 is 1.68 bits per heavy atom. The minimum absolute atomic E-state index is 0.0738. The molecule has 0 unspecified atom stereocenters. The fourth-order valence-corrected chi connectivity index (χ4v) is 4.69. The molecule has 7 nitrogen and oxygen atoms in total. The number of nitrogens with one attached hydrogen (secondary N) is 1. The average molecular weight is 509 g/mol. The van der Waals surface area contributed by atoms with Crippen LogP contribution in [0.1, 0.15) is 64.0 Å². The van der Waals surface area contributed by atoms with Crippen molar-refractivity contribution in [3.63, 3.8) is 0 Å². The van der Waals surface area contributed by atoms with Crippen molar-refractivity contribution in [1.82, 2.24) is 10.2 Å². The number of nitrogens with zero attached hydrogens (tertiary/aromatic N) is 1. The van der Waals surface area contributed by atoms with Gasteiger partial charge in [0.25, 0.3) is 0 Å². The van der Waals surface area contributed by atoms with Gasteiger partial charge in [0.2, 0.25) is 5.91 Å². The molecule has 200 valence electrons. The number of benzene rings is 2. The monoisotopic (exact) mass is 508 g/mol. The van der Waals surface area contributed by atoms with Crippen molar-refractivity contribution in [1.29, 1.82) is 0 Å². The quantitative estimate of drug-likeness (QED) is 0.483. The van der Waals surface area contributed by atoms with Crippen LogP contribution in [0.3, 0.4) is 0 Å². The molecule has 0 bridgehead atoms. The largest absolute Gasteiger partial charge is 0.465 e. The Morgan fingerprint density at radius 1 is 1.03 bits per heavy atom. The molecule has 37 heavy (non-hydrogen) atoms. The number of rotatable bonds is 10. The van der Waals surface area contributed by atoms with Gasteiger partial charge in [-0.15, -0.1) is 0 Å². The summed E-state index contributed by atoms with van der Waals surface area (Å²) in [7, 11) is 0. The summed E-state index contributed by atoms with van der Waals surface area (Å²) in [5.41, 5.74) is 1.59. The van der Waals surface area contributed by atoms with Gasteiger partial charge in [0.1, 0.15) is 18.2 Å². The number of hydrogen-bond donors (Lipinski definition) is 1. The Labute approximate surface area is 220 Å². The highest BCUT2D eigenvalue weighted by Crippen LogP contribution is 2.28. The second-order valence-electron chi connectivity index (χ2n) is 10.5. The van der Waals surface area contributed by atoms with Crippen molar-refractivity contribution in [3.05, 3.63) is 71.8 Å². The van der Waals surface area contributed by atoms with Crippen molar-refractivity contribution < 1.29 is 23.9 Å². The summed E-state index contributed by atoms with van der Waals surface area (Å²) in [6, 6.07) is 18.7. The molecular formula is C30H40N2O5. The average Bonchev–Trinajstić information content (AvgIpc) is 3.00. The van der Waals surface area contributed by atoms with Gasteiger partial charge < -0.3 is 14.4 Å². The first-order chi connectivity index (χ1) is 17.7. The summed E-state index contributed by atoms with van der Waals surface area (Å²) < 4.78 is 10.9. The Bertz CT molecular complexity index is 1020. The number of carbonyl (C=O) groups excluding carboxylic acids is 3. The second-order valence-corrected chi connectivity index (χ2v) is 10.5. The minimum atomic E-state index is -0.644. The molecule has 2 aromatic rings. The zero-order valence-electron chi connectivity index (χ0n) is 22.4. The Hall–Kier alpha value is -3.19. The zero-order chi connectivity index (χ0) is 26.8. The van der Waals surface area contributed by atoms with Gasteiger partial charge >= 0.3 is 11.9 Å². The summed E-state index contributed by atoms with van der Waals surface area (Å²) in [6.07, 6.45) is 2.46. The van der Waals surface area contributed by atoms with Gasteiger partial charge in [-0.25, -0.2) is 0 Å². The molecule has 0 aliphatic carbocycles. The van der Waals surface area contributed by atoms with Crippen LogP contribution in [0.2, 0.25) is 0 Å². The van der Waals surface area contributed by atoms with Gasteiger partial charge in [-0.05, 0) is 64.5 Å². The van der Waals surface area contributed by atoms with E-state index in [9.17, 15) is 14.4 Å². The van der Waals surface area contributed by atoms with Gasteiger partial charge in [-0.3, -0.25) is 19.7 Å². The molecule has 3 rings (SSSR count). The standard InChI is InChI=1S/C30H40N2O5/c1-5-36-29(35)26(18-16-22-12-8-6-9-13-22)31-25-19-17-24(23-14-10-7-11-15-23)20-32(28(25)34)21-27(33)37-30(2,3)4/h6-15,24-26,31H,5,16-21H2,1-4H3/t24-,25+,26+/m1/s1. The fourth-order valence-electron chi connectivity index (χ4n) is 4.69. The van der Waals surface area contributed by atoms with Gasteiger partial charge in [-0.2, -0.15) is 0 Å². The van der Waals surface area contributed by atoms with Crippen LogP contribution in [-0.2, 0) is 30.3 Å². The lowest BCUT2D eigenvalue weighted by Crippen LogP contribution is -2.53. The maximum atomic E-state index is 13.7. The molecule has 1 fully saturated rings. The number of hydrogen-bond acceptors (Lipinski definition) is 6. The normalized spacial score (nSPS) is 19.1. The van der Waals surface area contributed by atoms with E-state index in [1.807, 2.05) is 69.3 Å². The van der Waals surface area contributed by atoms with Crippen LogP contribution in [0.25, 0.3) is 0 Å². The number of likely N-dealkylation sites (tertiary alicyclic amines) is 1. The lowest BCUT2D eigenvalue weighted by Gasteiger charge is -2.29. The van der Waals surface area contributed by atoms with E-state index in [2.05, 4.69) is 17.4 Å². The molecule has 1 heterocycles. The van der Waals surface area contributed by atoms with Crippen LogP contribution >= 0.6 is 0 Å². The van der Waals surface area contributed by atoms with Crippen molar-refractivity contribution in [2.45, 2.75) is 77.0 Å². The molecule has 0 radical (unpaired) electrons. The highest BCUT2D eigenvalue weighted by Gasteiger charge is 2.36. The molecule has 1 saturated heterocycles. The van der Waals surface area contributed by atoms with Crippen molar-refractivity contribution >= 4 is 17.8 Å². The van der Waals surface area contributed by atoms with Crippen LogP contribution in [-0.4, -0.2) is 60.1 Å². The Morgan fingerprint density at radius 3 is 2.30 bits per heavy atom. The smallest absolute Gasteiger partial charge is 0.326 e. The van der Waals surface area contributed by atoms with Crippen molar-refractivity contribution in [2.24, 2.45) is 0 Å². The Kier molecular flexibility index (Phi) is 10.3. The van der Waals surface area contributed by atoms with Crippen LogP contribution < -0.4 is 5.32 Å². The summed E-state index contributed by atoms with van der Waals surface area (Å²) in [4.78, 5) is 40.8. The van der Waals surface area contributed by atoms with E-state index in [1.54, 1.807) is 11.8 Å². The van der Waals surface area contributed by atoms with Gasteiger partial charge in [-0.1, -0.05) is 60.7 Å². The van der Waals surface area contributed by atoms with Gasteiger partial charge in [0.05, 0.1) is 12.6 Å². The molecule has 1 amide bonds. The lowest BCUT2D eigenvalue weighted by atomic mass is 9.93. The maximum Gasteiger partial charge on any atom is 0.326 e. The number of amides is 1. The third-order valence-corrected chi connectivity index (χ3v) is 6.40. The number of carbonyl (C=O) groups is 3. The molecule has 3 atom stereocenters. The topological polar surface area (TPSA) is 84.9 Å². The molecule has 0 aromatic heterocycles. The molecule has 0 spiro atoms. The van der Waals surface area contributed by atoms with E-state index in [0.29, 0.717) is 25.8 Å².